The summed E-state index contributed by atoms with van der Waals surface area (Å²) in [6.07, 6.45) is 3.19. The van der Waals surface area contributed by atoms with E-state index in [0.29, 0.717) is 11.8 Å². The molecule has 1 aromatic carbocycles. The van der Waals surface area contributed by atoms with E-state index in [0.717, 1.165) is 12.8 Å². The summed E-state index contributed by atoms with van der Waals surface area (Å²) in [5, 5.41) is 0. The van der Waals surface area contributed by atoms with Crippen LogP contribution in [0.15, 0.2) is 30.3 Å². The lowest BCUT2D eigenvalue weighted by Crippen LogP contribution is -2.44. The summed E-state index contributed by atoms with van der Waals surface area (Å²) in [5.41, 5.74) is 6.71. The van der Waals surface area contributed by atoms with Crippen LogP contribution in [0, 0.1) is 11.8 Å². The number of esters is 1. The van der Waals surface area contributed by atoms with Crippen LogP contribution in [0.2, 0.25) is 0 Å². The third kappa shape index (κ3) is 3.65. The average Bonchev–Trinajstić information content (AvgIpc) is 2.48. The van der Waals surface area contributed by atoms with E-state index in [1.807, 2.05) is 6.07 Å². The Labute approximate surface area is 127 Å². The van der Waals surface area contributed by atoms with Crippen molar-refractivity contribution in [1.29, 1.82) is 0 Å². The zero-order valence-electron chi connectivity index (χ0n) is 13.3. The molecule has 0 spiro atoms. The van der Waals surface area contributed by atoms with Crippen molar-refractivity contribution in [3.8, 4) is 0 Å². The number of hydrogen-bond acceptors (Lipinski definition) is 3. The van der Waals surface area contributed by atoms with Gasteiger partial charge in [-0.3, -0.25) is 4.79 Å². The van der Waals surface area contributed by atoms with Crippen LogP contribution in [-0.2, 0) is 14.9 Å². The van der Waals surface area contributed by atoms with Crippen LogP contribution in [-0.4, -0.2) is 18.6 Å². The molecule has 1 aliphatic carbocycles. The minimum atomic E-state index is -0.289. The summed E-state index contributed by atoms with van der Waals surface area (Å²) in [7, 11) is 0. The van der Waals surface area contributed by atoms with Crippen LogP contribution < -0.4 is 5.73 Å². The van der Waals surface area contributed by atoms with Gasteiger partial charge in [0.25, 0.3) is 0 Å². The van der Waals surface area contributed by atoms with Crippen molar-refractivity contribution in [3.63, 3.8) is 0 Å². The molecule has 0 unspecified atom stereocenters. The third-order valence-corrected chi connectivity index (χ3v) is 4.95. The molecule has 3 atom stereocenters. The summed E-state index contributed by atoms with van der Waals surface area (Å²) < 4.78 is 5.67. The maximum Gasteiger partial charge on any atom is 0.319 e. The lowest BCUT2D eigenvalue weighted by molar-refractivity contribution is -0.154. The Balaban J connectivity index is 2.23. The Kier molecular flexibility index (Phi) is 5.04. The van der Waals surface area contributed by atoms with E-state index in [2.05, 4.69) is 45.0 Å². The quantitative estimate of drug-likeness (QED) is 0.866. The SMILES string of the molecule is C[C@H]1CC[C@H](C(C)(C)c2ccccc2)[C@@H](OC(=O)CN)C1. The van der Waals surface area contributed by atoms with Crippen LogP contribution in [0.1, 0.15) is 45.6 Å². The summed E-state index contributed by atoms with van der Waals surface area (Å²) >= 11 is 0. The van der Waals surface area contributed by atoms with E-state index < -0.39 is 0 Å². The van der Waals surface area contributed by atoms with E-state index in [4.69, 9.17) is 10.5 Å². The van der Waals surface area contributed by atoms with Gasteiger partial charge in [-0.2, -0.15) is 0 Å². The van der Waals surface area contributed by atoms with Crippen molar-refractivity contribution < 1.29 is 9.53 Å². The molecule has 1 saturated carbocycles. The standard InChI is InChI=1S/C18H27NO2/c1-13-9-10-15(16(11-13)21-17(20)12-19)18(2,3)14-7-5-4-6-8-14/h4-8,13,15-16H,9-12,19H2,1-3H3/t13-,15-,16-/m0/s1. The van der Waals surface area contributed by atoms with E-state index in [1.54, 1.807) is 0 Å². The normalized spacial score (nSPS) is 26.4. The maximum absolute atomic E-state index is 11.6. The van der Waals surface area contributed by atoms with Crippen molar-refractivity contribution in [3.05, 3.63) is 35.9 Å². The largest absolute Gasteiger partial charge is 0.461 e. The molecule has 3 nitrogen and oxygen atoms in total. The van der Waals surface area contributed by atoms with Crippen molar-refractivity contribution in [2.24, 2.45) is 17.6 Å². The van der Waals surface area contributed by atoms with Crippen LogP contribution in [0.5, 0.6) is 0 Å². The first-order valence-corrected chi connectivity index (χ1v) is 7.90. The van der Waals surface area contributed by atoms with Gasteiger partial charge in [0, 0.05) is 5.92 Å². The zero-order valence-corrected chi connectivity index (χ0v) is 13.3. The first kappa shape index (κ1) is 16.0. The lowest BCUT2D eigenvalue weighted by Gasteiger charge is -2.43. The van der Waals surface area contributed by atoms with Crippen LogP contribution >= 0.6 is 0 Å². The van der Waals surface area contributed by atoms with E-state index >= 15 is 0 Å². The molecule has 116 valence electrons. The van der Waals surface area contributed by atoms with Crippen molar-refractivity contribution in [2.45, 2.75) is 51.6 Å². The van der Waals surface area contributed by atoms with E-state index in [9.17, 15) is 4.79 Å². The first-order chi connectivity index (χ1) is 9.95. The topological polar surface area (TPSA) is 52.3 Å². The fourth-order valence-corrected chi connectivity index (χ4v) is 3.58. The molecule has 0 bridgehead atoms. The molecule has 2 rings (SSSR count). The minimum Gasteiger partial charge on any atom is -0.461 e. The highest BCUT2D eigenvalue weighted by atomic mass is 16.5. The average molecular weight is 289 g/mol. The Bertz CT molecular complexity index is 469. The van der Waals surface area contributed by atoms with E-state index in [-0.39, 0.29) is 24.0 Å². The third-order valence-electron chi connectivity index (χ3n) is 4.95. The number of nitrogens with two attached hydrogens (primary N) is 1. The Morgan fingerprint density at radius 2 is 1.95 bits per heavy atom. The molecule has 0 radical (unpaired) electrons. The molecule has 21 heavy (non-hydrogen) atoms. The fraction of sp³-hybridized carbons (Fsp3) is 0.611. The molecular formula is C18H27NO2. The van der Waals surface area contributed by atoms with Gasteiger partial charge in [-0.25, -0.2) is 0 Å². The highest BCUT2D eigenvalue weighted by Gasteiger charge is 2.41. The first-order valence-electron chi connectivity index (χ1n) is 7.90. The van der Waals surface area contributed by atoms with Gasteiger partial charge in [-0.15, -0.1) is 0 Å². The monoisotopic (exact) mass is 289 g/mol. The molecule has 1 aromatic rings. The number of hydrogen-bond donors (Lipinski definition) is 1. The highest BCUT2D eigenvalue weighted by molar-refractivity contribution is 5.71. The summed E-state index contributed by atoms with van der Waals surface area (Å²) in [6.45, 7) is 6.71. The second kappa shape index (κ2) is 6.61. The van der Waals surface area contributed by atoms with Crippen molar-refractivity contribution in [1.82, 2.24) is 0 Å². The summed E-state index contributed by atoms with van der Waals surface area (Å²) in [4.78, 5) is 11.6. The van der Waals surface area contributed by atoms with Gasteiger partial charge < -0.3 is 10.5 Å². The van der Waals surface area contributed by atoms with Gasteiger partial charge in [0.15, 0.2) is 0 Å². The second-order valence-corrected chi connectivity index (χ2v) is 6.84. The molecule has 1 aliphatic rings. The summed E-state index contributed by atoms with van der Waals surface area (Å²) in [5.74, 6) is 0.651. The lowest BCUT2D eigenvalue weighted by atomic mass is 9.64. The smallest absolute Gasteiger partial charge is 0.319 e. The van der Waals surface area contributed by atoms with Gasteiger partial charge in [0.05, 0.1) is 6.54 Å². The molecule has 2 N–H and O–H groups in total. The highest BCUT2D eigenvalue weighted by Crippen LogP contribution is 2.43. The predicted molar refractivity (Wildman–Crippen MR) is 84.9 cm³/mol. The van der Waals surface area contributed by atoms with Crippen molar-refractivity contribution in [2.75, 3.05) is 6.54 Å². The Morgan fingerprint density at radius 3 is 2.57 bits per heavy atom. The van der Waals surface area contributed by atoms with Gasteiger partial charge in [-0.05, 0) is 29.7 Å². The van der Waals surface area contributed by atoms with Gasteiger partial charge in [0.1, 0.15) is 6.10 Å². The van der Waals surface area contributed by atoms with Crippen molar-refractivity contribution >= 4 is 5.97 Å². The number of ether oxygens (including phenoxy) is 1. The predicted octanol–water partition coefficient (Wildman–Crippen LogP) is 3.27. The van der Waals surface area contributed by atoms with Crippen LogP contribution in [0.25, 0.3) is 0 Å². The molecule has 3 heteroatoms. The van der Waals surface area contributed by atoms with Crippen LogP contribution in [0.3, 0.4) is 0 Å². The number of benzene rings is 1. The van der Waals surface area contributed by atoms with Gasteiger partial charge >= 0.3 is 5.97 Å². The molecule has 0 heterocycles. The van der Waals surface area contributed by atoms with Gasteiger partial charge in [0.2, 0.25) is 0 Å². The number of rotatable bonds is 4. The zero-order chi connectivity index (χ0) is 15.5. The molecule has 0 amide bonds. The summed E-state index contributed by atoms with van der Waals surface area (Å²) in [6, 6.07) is 10.5. The Morgan fingerprint density at radius 1 is 1.29 bits per heavy atom. The fourth-order valence-electron chi connectivity index (χ4n) is 3.58. The number of carbonyl (C=O) groups excluding carboxylic acids is 1. The molecule has 0 aliphatic heterocycles. The minimum absolute atomic E-state index is 0.0130. The molecule has 0 aromatic heterocycles. The molecule has 1 fully saturated rings. The molecule has 0 saturated heterocycles. The van der Waals surface area contributed by atoms with E-state index in [1.165, 1.54) is 12.0 Å². The van der Waals surface area contributed by atoms with Crippen LogP contribution in [0.4, 0.5) is 0 Å². The second-order valence-electron chi connectivity index (χ2n) is 6.84. The Hall–Kier alpha value is -1.35. The molecular weight excluding hydrogens is 262 g/mol. The van der Waals surface area contributed by atoms with Gasteiger partial charge in [-0.1, -0.05) is 57.5 Å². The maximum atomic E-state index is 11.6. The number of carbonyl (C=O) groups is 1.